The predicted molar refractivity (Wildman–Crippen MR) is 83.8 cm³/mol. The van der Waals surface area contributed by atoms with Crippen molar-refractivity contribution in [1.29, 1.82) is 0 Å². The van der Waals surface area contributed by atoms with Crippen molar-refractivity contribution in [1.82, 2.24) is 5.32 Å². The Morgan fingerprint density at radius 3 is 2.58 bits per heavy atom. The molecule has 0 aliphatic heterocycles. The first-order valence-corrected chi connectivity index (χ1v) is 7.78. The van der Waals surface area contributed by atoms with Crippen LogP contribution in [0.2, 0.25) is 5.02 Å². The lowest BCUT2D eigenvalue weighted by molar-refractivity contribution is 0.557. The van der Waals surface area contributed by atoms with Crippen LogP contribution >= 0.6 is 11.6 Å². The Balaban J connectivity index is 2.03. The van der Waals surface area contributed by atoms with Crippen LogP contribution in [0.25, 0.3) is 0 Å². The second-order valence-corrected chi connectivity index (χ2v) is 5.84. The van der Waals surface area contributed by atoms with Crippen LogP contribution in [-0.2, 0) is 6.42 Å². The highest BCUT2D eigenvalue weighted by molar-refractivity contribution is 6.30. The Bertz CT molecular complexity index is 408. The van der Waals surface area contributed by atoms with E-state index in [2.05, 4.69) is 30.6 Å². The summed E-state index contributed by atoms with van der Waals surface area (Å²) >= 11 is 5.94. The molecule has 1 atom stereocenters. The third-order valence-electron chi connectivity index (χ3n) is 3.98. The maximum Gasteiger partial charge on any atom is 0.0406 e. The van der Waals surface area contributed by atoms with E-state index in [0.717, 1.165) is 11.4 Å². The van der Waals surface area contributed by atoms with E-state index in [0.29, 0.717) is 6.04 Å². The minimum absolute atomic E-state index is 0.472. The number of likely N-dealkylation sites (N-methyl/N-ethyl adjacent to an activating group) is 1. The first-order chi connectivity index (χ1) is 9.29. The van der Waals surface area contributed by atoms with Crippen LogP contribution in [0.1, 0.15) is 44.1 Å². The van der Waals surface area contributed by atoms with Crippen LogP contribution in [0.4, 0.5) is 0 Å². The summed E-state index contributed by atoms with van der Waals surface area (Å²) in [6, 6.07) is 8.71. The van der Waals surface area contributed by atoms with Gasteiger partial charge >= 0.3 is 0 Å². The number of halogens is 1. The van der Waals surface area contributed by atoms with E-state index in [1.807, 2.05) is 12.1 Å². The molecule has 1 N–H and O–H groups in total. The molecule has 19 heavy (non-hydrogen) atoms. The van der Waals surface area contributed by atoms with Crippen molar-refractivity contribution >= 4 is 11.6 Å². The first kappa shape index (κ1) is 14.6. The van der Waals surface area contributed by atoms with Crippen LogP contribution in [0, 0.1) is 0 Å². The standard InChI is InChI=1S/C17H24ClN/c1-19-17(13-14-9-11-16(18)12-10-14)15-7-5-3-2-4-6-8-15/h7,9-12,17,19H,2-6,8,13H2,1H3/b15-7+. The van der Waals surface area contributed by atoms with Crippen LogP contribution in [0.3, 0.4) is 0 Å². The second kappa shape index (κ2) is 7.72. The smallest absolute Gasteiger partial charge is 0.0406 e. The van der Waals surface area contributed by atoms with E-state index in [1.165, 1.54) is 44.1 Å². The molecular formula is C17H24ClN. The van der Waals surface area contributed by atoms with Crippen molar-refractivity contribution in [3.05, 3.63) is 46.5 Å². The van der Waals surface area contributed by atoms with Gasteiger partial charge in [-0.05, 0) is 56.8 Å². The fraction of sp³-hybridized carbons (Fsp3) is 0.529. The van der Waals surface area contributed by atoms with Crippen LogP contribution < -0.4 is 5.32 Å². The number of hydrogen-bond donors (Lipinski definition) is 1. The van der Waals surface area contributed by atoms with E-state index in [4.69, 9.17) is 11.6 Å². The third-order valence-corrected chi connectivity index (χ3v) is 4.23. The number of benzene rings is 1. The van der Waals surface area contributed by atoms with Gasteiger partial charge in [0.1, 0.15) is 0 Å². The minimum Gasteiger partial charge on any atom is -0.313 e. The fourth-order valence-electron chi connectivity index (χ4n) is 2.81. The maximum absolute atomic E-state index is 5.94. The van der Waals surface area contributed by atoms with E-state index >= 15 is 0 Å². The fourth-order valence-corrected chi connectivity index (χ4v) is 2.93. The Morgan fingerprint density at radius 2 is 1.84 bits per heavy atom. The number of hydrogen-bond acceptors (Lipinski definition) is 1. The van der Waals surface area contributed by atoms with E-state index in [1.54, 1.807) is 5.57 Å². The Morgan fingerprint density at radius 1 is 1.11 bits per heavy atom. The number of nitrogens with one attached hydrogen (secondary N) is 1. The monoisotopic (exact) mass is 277 g/mol. The molecule has 1 nitrogen and oxygen atoms in total. The highest BCUT2D eigenvalue weighted by atomic mass is 35.5. The summed E-state index contributed by atoms with van der Waals surface area (Å²) in [7, 11) is 2.07. The summed E-state index contributed by atoms with van der Waals surface area (Å²) in [5, 5.41) is 4.30. The van der Waals surface area contributed by atoms with Crippen LogP contribution in [-0.4, -0.2) is 13.1 Å². The zero-order valence-electron chi connectivity index (χ0n) is 11.8. The van der Waals surface area contributed by atoms with Crippen molar-refractivity contribution in [2.45, 2.75) is 51.0 Å². The second-order valence-electron chi connectivity index (χ2n) is 5.40. The van der Waals surface area contributed by atoms with Crippen molar-refractivity contribution in [3.63, 3.8) is 0 Å². The third kappa shape index (κ3) is 4.67. The molecule has 0 heterocycles. The molecular weight excluding hydrogens is 254 g/mol. The van der Waals surface area contributed by atoms with Gasteiger partial charge in [0.15, 0.2) is 0 Å². The zero-order valence-corrected chi connectivity index (χ0v) is 12.5. The zero-order chi connectivity index (χ0) is 13.5. The molecule has 1 aromatic carbocycles. The molecule has 0 fully saturated rings. The van der Waals surface area contributed by atoms with E-state index in [-0.39, 0.29) is 0 Å². The van der Waals surface area contributed by atoms with Gasteiger partial charge in [-0.15, -0.1) is 0 Å². The normalized spacial score (nSPS) is 21.1. The molecule has 0 saturated heterocycles. The lowest BCUT2D eigenvalue weighted by atomic mass is 9.91. The molecule has 1 unspecified atom stereocenters. The SMILES string of the molecule is CNC(Cc1ccc(Cl)cc1)/C1=C/CCCCCC1. The quantitative estimate of drug-likeness (QED) is 0.783. The van der Waals surface area contributed by atoms with Gasteiger partial charge in [0, 0.05) is 11.1 Å². The molecule has 0 aromatic heterocycles. The van der Waals surface area contributed by atoms with E-state index < -0.39 is 0 Å². The molecule has 0 bridgehead atoms. The average Bonchev–Trinajstić information content (AvgIpc) is 2.38. The summed E-state index contributed by atoms with van der Waals surface area (Å²) in [4.78, 5) is 0. The van der Waals surface area contributed by atoms with Crippen LogP contribution in [0.5, 0.6) is 0 Å². The number of allylic oxidation sites excluding steroid dienone is 1. The summed E-state index contributed by atoms with van der Waals surface area (Å²) in [5.41, 5.74) is 2.95. The van der Waals surface area contributed by atoms with E-state index in [9.17, 15) is 0 Å². The van der Waals surface area contributed by atoms with Crippen molar-refractivity contribution in [3.8, 4) is 0 Å². The highest BCUT2D eigenvalue weighted by Gasteiger charge is 2.13. The highest BCUT2D eigenvalue weighted by Crippen LogP contribution is 2.22. The first-order valence-electron chi connectivity index (χ1n) is 7.40. The molecule has 0 amide bonds. The molecule has 0 spiro atoms. The molecule has 0 saturated carbocycles. The lowest BCUT2D eigenvalue weighted by Crippen LogP contribution is -2.30. The molecule has 2 rings (SSSR count). The van der Waals surface area contributed by atoms with Gasteiger partial charge in [-0.1, -0.05) is 48.2 Å². The predicted octanol–water partition coefficient (Wildman–Crippen LogP) is 4.75. The average molecular weight is 278 g/mol. The maximum atomic E-state index is 5.94. The topological polar surface area (TPSA) is 12.0 Å². The minimum atomic E-state index is 0.472. The molecule has 104 valence electrons. The van der Waals surface area contributed by atoms with Crippen molar-refractivity contribution < 1.29 is 0 Å². The largest absolute Gasteiger partial charge is 0.313 e. The summed E-state index contributed by atoms with van der Waals surface area (Å²) < 4.78 is 0. The Kier molecular flexibility index (Phi) is 5.93. The lowest BCUT2D eigenvalue weighted by Gasteiger charge is -2.22. The molecule has 1 aromatic rings. The van der Waals surface area contributed by atoms with Crippen molar-refractivity contribution in [2.75, 3.05) is 7.05 Å². The van der Waals surface area contributed by atoms with Gasteiger partial charge in [0.05, 0.1) is 0 Å². The number of rotatable bonds is 4. The van der Waals surface area contributed by atoms with Gasteiger partial charge in [0.25, 0.3) is 0 Å². The van der Waals surface area contributed by atoms with Gasteiger partial charge in [-0.3, -0.25) is 0 Å². The van der Waals surface area contributed by atoms with Gasteiger partial charge < -0.3 is 5.32 Å². The summed E-state index contributed by atoms with van der Waals surface area (Å²) in [6.07, 6.45) is 11.5. The molecule has 1 aliphatic rings. The van der Waals surface area contributed by atoms with Gasteiger partial charge in [-0.2, -0.15) is 0 Å². The Hall–Kier alpha value is -0.790. The molecule has 1 aliphatic carbocycles. The molecule has 0 radical (unpaired) electrons. The van der Waals surface area contributed by atoms with Crippen molar-refractivity contribution in [2.24, 2.45) is 0 Å². The van der Waals surface area contributed by atoms with Crippen LogP contribution in [0.15, 0.2) is 35.9 Å². The van der Waals surface area contributed by atoms with Gasteiger partial charge in [0.2, 0.25) is 0 Å². The summed E-state index contributed by atoms with van der Waals surface area (Å²) in [6.45, 7) is 0. The molecule has 2 heteroatoms. The van der Waals surface area contributed by atoms with Gasteiger partial charge in [-0.25, -0.2) is 0 Å². The summed E-state index contributed by atoms with van der Waals surface area (Å²) in [5.74, 6) is 0. The Labute approximate surface area is 122 Å².